The molecule has 1 saturated heterocycles. The Labute approximate surface area is 108 Å². The van der Waals surface area contributed by atoms with Crippen molar-refractivity contribution in [2.45, 2.75) is 31.1 Å². The van der Waals surface area contributed by atoms with Crippen LogP contribution in [0.5, 0.6) is 0 Å². The number of halogens is 1. The van der Waals surface area contributed by atoms with Crippen LogP contribution < -0.4 is 0 Å². The molecule has 0 aliphatic carbocycles. The number of nitrogens with zero attached hydrogens (tertiary/aromatic N) is 1. The zero-order chi connectivity index (χ0) is 11.8. The van der Waals surface area contributed by atoms with Crippen LogP contribution in [0.2, 0.25) is 0 Å². The minimum atomic E-state index is -1.000. The molecule has 0 saturated carbocycles. The first-order chi connectivity index (χ1) is 7.50. The molecule has 0 aromatic heterocycles. The third-order valence-corrected chi connectivity index (χ3v) is 3.45. The number of piperidine rings is 1. The first-order valence-electron chi connectivity index (χ1n) is 5.66. The molecule has 1 heterocycles. The Morgan fingerprint density at radius 1 is 1.29 bits per heavy atom. The number of aliphatic hydroxyl groups excluding tert-OH is 1. The number of hydrogen-bond donors (Lipinski definition) is 2. The molecule has 1 aliphatic heterocycles. The molecule has 0 bridgehead atoms. The largest absolute Gasteiger partial charge is 0.390 e. The molecular formula is C13H20ClNO2. The van der Waals surface area contributed by atoms with Crippen LogP contribution in [0, 0.1) is 0 Å². The second-order valence-corrected chi connectivity index (χ2v) is 4.95. The van der Waals surface area contributed by atoms with Gasteiger partial charge in [-0.2, -0.15) is 0 Å². The van der Waals surface area contributed by atoms with Gasteiger partial charge >= 0.3 is 0 Å². The maximum Gasteiger partial charge on any atom is 0.100 e. The summed E-state index contributed by atoms with van der Waals surface area (Å²) in [7, 11) is 1.98. The summed E-state index contributed by atoms with van der Waals surface area (Å²) in [5, 5.41) is 19.9. The Hall–Kier alpha value is -0.610. The molecular weight excluding hydrogens is 238 g/mol. The highest BCUT2D eigenvalue weighted by Gasteiger charge is 2.40. The molecule has 1 aromatic rings. The van der Waals surface area contributed by atoms with Crippen LogP contribution in [-0.4, -0.2) is 40.4 Å². The predicted octanol–water partition coefficient (Wildman–Crippen LogP) is 1.60. The molecule has 1 aromatic carbocycles. The molecule has 0 amide bonds. The number of rotatable bonds is 1. The van der Waals surface area contributed by atoms with Gasteiger partial charge in [-0.15, -0.1) is 12.4 Å². The third-order valence-electron chi connectivity index (χ3n) is 3.45. The standard InChI is InChI=1S/C13H19NO2.ClH/c1-13(16)9-14(2)11(8-12(13)15)10-6-4-3-5-7-10;/h3-7,11-12,15-16H,8-9H2,1-2H3;1H/t11-,12?,13?;/m0./s1. The molecule has 0 radical (unpaired) electrons. The van der Waals surface area contributed by atoms with Crippen LogP contribution in [-0.2, 0) is 0 Å². The summed E-state index contributed by atoms with van der Waals surface area (Å²) in [5.74, 6) is 0. The quantitative estimate of drug-likeness (QED) is 0.803. The van der Waals surface area contributed by atoms with E-state index in [2.05, 4.69) is 17.0 Å². The van der Waals surface area contributed by atoms with E-state index in [9.17, 15) is 10.2 Å². The molecule has 2 unspecified atom stereocenters. The van der Waals surface area contributed by atoms with Gasteiger partial charge in [-0.3, -0.25) is 4.90 Å². The number of likely N-dealkylation sites (tertiary alicyclic amines) is 1. The van der Waals surface area contributed by atoms with Gasteiger partial charge in [0.2, 0.25) is 0 Å². The minimum Gasteiger partial charge on any atom is -0.390 e. The lowest BCUT2D eigenvalue weighted by Gasteiger charge is -2.44. The van der Waals surface area contributed by atoms with E-state index in [-0.39, 0.29) is 18.4 Å². The lowest BCUT2D eigenvalue weighted by atomic mass is 9.85. The highest BCUT2D eigenvalue weighted by Crippen LogP contribution is 2.33. The van der Waals surface area contributed by atoms with Crippen molar-refractivity contribution < 1.29 is 10.2 Å². The average Bonchev–Trinajstić information content (AvgIpc) is 2.24. The fourth-order valence-electron chi connectivity index (χ4n) is 2.43. The summed E-state index contributed by atoms with van der Waals surface area (Å²) in [5.41, 5.74) is 0.194. The summed E-state index contributed by atoms with van der Waals surface area (Å²) >= 11 is 0. The zero-order valence-electron chi connectivity index (χ0n) is 10.2. The summed E-state index contributed by atoms with van der Waals surface area (Å²) in [6, 6.07) is 10.3. The SMILES string of the molecule is CN1CC(C)(O)C(O)C[C@H]1c1ccccc1.Cl. The monoisotopic (exact) mass is 257 g/mol. The zero-order valence-corrected chi connectivity index (χ0v) is 11.0. The first-order valence-corrected chi connectivity index (χ1v) is 5.66. The van der Waals surface area contributed by atoms with Crippen LogP contribution in [0.3, 0.4) is 0 Å². The van der Waals surface area contributed by atoms with Crippen molar-refractivity contribution in [3.05, 3.63) is 35.9 Å². The molecule has 0 spiro atoms. The van der Waals surface area contributed by atoms with Gasteiger partial charge < -0.3 is 10.2 Å². The maximum absolute atomic E-state index is 9.99. The van der Waals surface area contributed by atoms with Crippen LogP contribution in [0.25, 0.3) is 0 Å². The lowest BCUT2D eigenvalue weighted by molar-refractivity contribution is -0.121. The molecule has 2 rings (SSSR count). The van der Waals surface area contributed by atoms with Crippen LogP contribution >= 0.6 is 12.4 Å². The van der Waals surface area contributed by atoms with E-state index in [0.717, 1.165) is 0 Å². The van der Waals surface area contributed by atoms with E-state index in [1.54, 1.807) is 6.92 Å². The molecule has 4 heteroatoms. The molecule has 17 heavy (non-hydrogen) atoms. The van der Waals surface area contributed by atoms with Crippen LogP contribution in [0.4, 0.5) is 0 Å². The highest BCUT2D eigenvalue weighted by molar-refractivity contribution is 5.85. The molecule has 2 N–H and O–H groups in total. The van der Waals surface area contributed by atoms with Crippen molar-refractivity contribution in [3.63, 3.8) is 0 Å². The Bertz CT molecular complexity index is 356. The van der Waals surface area contributed by atoms with Gasteiger partial charge in [-0.05, 0) is 26.0 Å². The maximum atomic E-state index is 9.99. The van der Waals surface area contributed by atoms with Gasteiger partial charge in [0.1, 0.15) is 5.60 Å². The van der Waals surface area contributed by atoms with E-state index >= 15 is 0 Å². The average molecular weight is 258 g/mol. The van der Waals surface area contributed by atoms with Gasteiger partial charge in [0, 0.05) is 12.6 Å². The van der Waals surface area contributed by atoms with E-state index in [1.807, 2.05) is 25.2 Å². The normalized spacial score (nSPS) is 34.1. The van der Waals surface area contributed by atoms with E-state index < -0.39 is 11.7 Å². The highest BCUT2D eigenvalue weighted by atomic mass is 35.5. The Kier molecular flexibility index (Phi) is 4.55. The van der Waals surface area contributed by atoms with E-state index in [1.165, 1.54) is 5.56 Å². The number of likely N-dealkylation sites (N-methyl/N-ethyl adjacent to an activating group) is 1. The van der Waals surface area contributed by atoms with E-state index in [0.29, 0.717) is 13.0 Å². The van der Waals surface area contributed by atoms with Crippen LogP contribution in [0.15, 0.2) is 30.3 Å². The van der Waals surface area contributed by atoms with Gasteiger partial charge in [-0.1, -0.05) is 30.3 Å². The number of β-amino-alcohol motifs (C(OH)–C–C–N with tert-alkyl or cyclic N) is 1. The van der Waals surface area contributed by atoms with Crippen molar-refractivity contribution in [1.29, 1.82) is 0 Å². The number of aliphatic hydroxyl groups is 2. The van der Waals surface area contributed by atoms with Crippen molar-refractivity contribution in [2.24, 2.45) is 0 Å². The van der Waals surface area contributed by atoms with Crippen molar-refractivity contribution >= 4 is 12.4 Å². The minimum absolute atomic E-state index is 0. The summed E-state index contributed by atoms with van der Waals surface area (Å²) < 4.78 is 0. The molecule has 1 fully saturated rings. The number of benzene rings is 1. The molecule has 96 valence electrons. The number of hydrogen-bond acceptors (Lipinski definition) is 3. The first kappa shape index (κ1) is 14.5. The van der Waals surface area contributed by atoms with Gasteiger partial charge in [-0.25, -0.2) is 0 Å². The lowest BCUT2D eigenvalue weighted by Crippen LogP contribution is -2.54. The smallest absolute Gasteiger partial charge is 0.100 e. The second kappa shape index (κ2) is 5.36. The fraction of sp³-hybridized carbons (Fsp3) is 0.538. The fourth-order valence-corrected chi connectivity index (χ4v) is 2.43. The molecule has 3 atom stereocenters. The van der Waals surface area contributed by atoms with E-state index in [4.69, 9.17) is 0 Å². The Balaban J connectivity index is 0.00000144. The van der Waals surface area contributed by atoms with Crippen molar-refractivity contribution in [2.75, 3.05) is 13.6 Å². The Morgan fingerprint density at radius 3 is 2.47 bits per heavy atom. The summed E-state index contributed by atoms with van der Waals surface area (Å²) in [4.78, 5) is 2.10. The van der Waals surface area contributed by atoms with Crippen molar-refractivity contribution in [1.82, 2.24) is 4.90 Å². The summed E-state index contributed by atoms with van der Waals surface area (Å²) in [6.45, 7) is 2.18. The molecule has 3 nitrogen and oxygen atoms in total. The van der Waals surface area contributed by atoms with Gasteiger partial charge in [0.15, 0.2) is 0 Å². The Morgan fingerprint density at radius 2 is 1.88 bits per heavy atom. The van der Waals surface area contributed by atoms with Crippen molar-refractivity contribution in [3.8, 4) is 0 Å². The summed E-state index contributed by atoms with van der Waals surface area (Å²) in [6.07, 6.45) is -0.0815. The van der Waals surface area contributed by atoms with Gasteiger partial charge in [0.25, 0.3) is 0 Å². The third kappa shape index (κ3) is 2.99. The topological polar surface area (TPSA) is 43.7 Å². The van der Waals surface area contributed by atoms with Crippen LogP contribution in [0.1, 0.15) is 24.9 Å². The molecule has 1 aliphatic rings. The second-order valence-electron chi connectivity index (χ2n) is 4.95. The predicted molar refractivity (Wildman–Crippen MR) is 70.3 cm³/mol. The van der Waals surface area contributed by atoms with Gasteiger partial charge in [0.05, 0.1) is 6.10 Å².